The van der Waals surface area contributed by atoms with E-state index in [2.05, 4.69) is 19.2 Å². The topological polar surface area (TPSA) is 55.1 Å². The van der Waals surface area contributed by atoms with Crippen molar-refractivity contribution in [1.82, 2.24) is 5.32 Å². The lowest BCUT2D eigenvalue weighted by molar-refractivity contribution is -0.122. The summed E-state index contributed by atoms with van der Waals surface area (Å²) in [5.41, 5.74) is 5.31. The van der Waals surface area contributed by atoms with E-state index in [9.17, 15) is 4.79 Å². The Kier molecular flexibility index (Phi) is 5.09. The molecule has 1 fully saturated rings. The molecule has 0 bridgehead atoms. The average molecular weight is 212 g/mol. The maximum Gasteiger partial charge on any atom is 0.220 e. The van der Waals surface area contributed by atoms with E-state index < -0.39 is 0 Å². The third-order valence-corrected chi connectivity index (χ3v) is 3.59. The van der Waals surface area contributed by atoms with Gasteiger partial charge in [-0.05, 0) is 38.5 Å². The van der Waals surface area contributed by atoms with Crippen molar-refractivity contribution in [3.63, 3.8) is 0 Å². The summed E-state index contributed by atoms with van der Waals surface area (Å²) in [4.78, 5) is 11.0. The molecule has 0 unspecified atom stereocenters. The second-order valence-corrected chi connectivity index (χ2v) is 4.63. The lowest BCUT2D eigenvalue weighted by Crippen LogP contribution is -2.41. The molecule has 3 nitrogen and oxygen atoms in total. The fraction of sp³-hybridized carbons (Fsp3) is 0.917. The maximum absolute atomic E-state index is 11.0. The molecule has 3 heteroatoms. The largest absolute Gasteiger partial charge is 0.369 e. The predicted octanol–water partition coefficient (Wildman–Crippen LogP) is 1.81. The van der Waals surface area contributed by atoms with Gasteiger partial charge < -0.3 is 11.1 Å². The number of hydrogen-bond donors (Lipinski definition) is 2. The third-order valence-electron chi connectivity index (χ3n) is 3.59. The fourth-order valence-corrected chi connectivity index (χ4v) is 2.40. The van der Waals surface area contributed by atoms with Crippen LogP contribution >= 0.6 is 0 Å². The van der Waals surface area contributed by atoms with Crippen LogP contribution in [-0.4, -0.2) is 18.0 Å². The highest BCUT2D eigenvalue weighted by Crippen LogP contribution is 2.24. The first kappa shape index (κ1) is 12.5. The van der Waals surface area contributed by atoms with Gasteiger partial charge in [-0.2, -0.15) is 0 Å². The van der Waals surface area contributed by atoms with Crippen LogP contribution in [0.4, 0.5) is 0 Å². The molecule has 0 spiro atoms. The summed E-state index contributed by atoms with van der Waals surface area (Å²) < 4.78 is 0. The van der Waals surface area contributed by atoms with Crippen LogP contribution in [0, 0.1) is 5.92 Å². The minimum absolute atomic E-state index is 0.115. The van der Waals surface area contributed by atoms with Crippen molar-refractivity contribution >= 4 is 5.91 Å². The quantitative estimate of drug-likeness (QED) is 0.730. The molecule has 88 valence electrons. The van der Waals surface area contributed by atoms with Gasteiger partial charge in [-0.1, -0.05) is 13.8 Å². The highest BCUT2D eigenvalue weighted by molar-refractivity contribution is 5.76. The van der Waals surface area contributed by atoms with E-state index >= 15 is 0 Å². The number of primary amides is 1. The molecule has 3 N–H and O–H groups in total. The number of carbonyl (C=O) groups excluding carboxylic acids is 1. The Bertz CT molecular complexity index is 194. The van der Waals surface area contributed by atoms with Crippen LogP contribution in [0.3, 0.4) is 0 Å². The van der Waals surface area contributed by atoms with Crippen molar-refractivity contribution in [3.05, 3.63) is 0 Å². The van der Waals surface area contributed by atoms with Crippen molar-refractivity contribution in [2.45, 2.75) is 64.5 Å². The Morgan fingerprint density at radius 3 is 2.20 bits per heavy atom. The number of nitrogens with one attached hydrogen (secondary N) is 1. The normalized spacial score (nSPS) is 26.9. The molecule has 1 aliphatic carbocycles. The van der Waals surface area contributed by atoms with Gasteiger partial charge in [-0.25, -0.2) is 0 Å². The van der Waals surface area contributed by atoms with Crippen LogP contribution in [0.25, 0.3) is 0 Å². The number of nitrogens with two attached hydrogens (primary N) is 1. The van der Waals surface area contributed by atoms with Crippen LogP contribution in [-0.2, 0) is 4.79 Å². The lowest BCUT2D eigenvalue weighted by atomic mass is 9.85. The van der Waals surface area contributed by atoms with Crippen LogP contribution in [0.1, 0.15) is 52.4 Å². The minimum atomic E-state index is -0.115. The molecule has 15 heavy (non-hydrogen) atoms. The zero-order valence-electron chi connectivity index (χ0n) is 9.96. The van der Waals surface area contributed by atoms with Crippen LogP contribution in [0.15, 0.2) is 0 Å². The van der Waals surface area contributed by atoms with E-state index in [4.69, 9.17) is 5.73 Å². The van der Waals surface area contributed by atoms with Gasteiger partial charge in [0.2, 0.25) is 5.91 Å². The molecule has 0 aliphatic heterocycles. The van der Waals surface area contributed by atoms with E-state index in [1.165, 1.54) is 12.8 Å². The SMILES string of the molecule is CCC(CC)NC1CCC(C(N)=O)CC1. The molecule has 1 rings (SSSR count). The molecule has 0 radical (unpaired) electrons. The zero-order chi connectivity index (χ0) is 11.3. The molecule has 1 aliphatic rings. The van der Waals surface area contributed by atoms with Crippen molar-refractivity contribution in [1.29, 1.82) is 0 Å². The Morgan fingerprint density at radius 1 is 1.27 bits per heavy atom. The van der Waals surface area contributed by atoms with Crippen molar-refractivity contribution in [2.75, 3.05) is 0 Å². The lowest BCUT2D eigenvalue weighted by Gasteiger charge is -2.30. The third kappa shape index (κ3) is 3.82. The monoisotopic (exact) mass is 212 g/mol. The second-order valence-electron chi connectivity index (χ2n) is 4.63. The van der Waals surface area contributed by atoms with Gasteiger partial charge in [0.05, 0.1) is 0 Å². The van der Waals surface area contributed by atoms with Gasteiger partial charge in [0.1, 0.15) is 0 Å². The fourth-order valence-electron chi connectivity index (χ4n) is 2.40. The molecule has 0 aromatic carbocycles. The zero-order valence-corrected chi connectivity index (χ0v) is 9.96. The summed E-state index contributed by atoms with van der Waals surface area (Å²) in [6.07, 6.45) is 6.51. The van der Waals surface area contributed by atoms with E-state index in [0.717, 1.165) is 25.7 Å². The number of rotatable bonds is 5. The summed E-state index contributed by atoms with van der Waals surface area (Å²) >= 11 is 0. The van der Waals surface area contributed by atoms with Gasteiger partial charge in [0.25, 0.3) is 0 Å². The first-order chi connectivity index (χ1) is 7.17. The van der Waals surface area contributed by atoms with Crippen molar-refractivity contribution in [2.24, 2.45) is 11.7 Å². The molecule has 0 atom stereocenters. The molecule has 0 aromatic heterocycles. The Labute approximate surface area is 92.8 Å². The van der Waals surface area contributed by atoms with Crippen molar-refractivity contribution < 1.29 is 4.79 Å². The van der Waals surface area contributed by atoms with E-state index in [1.54, 1.807) is 0 Å². The van der Waals surface area contributed by atoms with Crippen LogP contribution in [0.2, 0.25) is 0 Å². The minimum Gasteiger partial charge on any atom is -0.369 e. The number of carbonyl (C=O) groups is 1. The molecular formula is C12H24N2O. The summed E-state index contributed by atoms with van der Waals surface area (Å²) in [6, 6.07) is 1.24. The Hall–Kier alpha value is -0.570. The van der Waals surface area contributed by atoms with Gasteiger partial charge in [-0.15, -0.1) is 0 Å². The van der Waals surface area contributed by atoms with Crippen molar-refractivity contribution in [3.8, 4) is 0 Å². The molecule has 1 saturated carbocycles. The highest BCUT2D eigenvalue weighted by atomic mass is 16.1. The summed E-state index contributed by atoms with van der Waals surface area (Å²) in [7, 11) is 0. The molecule has 1 amide bonds. The van der Waals surface area contributed by atoms with E-state index in [0.29, 0.717) is 12.1 Å². The average Bonchev–Trinajstić information content (AvgIpc) is 2.26. The predicted molar refractivity (Wildman–Crippen MR) is 62.4 cm³/mol. The summed E-state index contributed by atoms with van der Waals surface area (Å²) in [5.74, 6) is 0.0146. The summed E-state index contributed by atoms with van der Waals surface area (Å²) in [5, 5.41) is 3.66. The first-order valence-electron chi connectivity index (χ1n) is 6.22. The Morgan fingerprint density at radius 2 is 1.80 bits per heavy atom. The maximum atomic E-state index is 11.0. The number of amides is 1. The van der Waals surface area contributed by atoms with Crippen LogP contribution < -0.4 is 11.1 Å². The molecule has 0 saturated heterocycles. The first-order valence-corrected chi connectivity index (χ1v) is 6.22. The Balaban J connectivity index is 2.28. The molecule has 0 aromatic rings. The summed E-state index contributed by atoms with van der Waals surface area (Å²) in [6.45, 7) is 4.44. The molecule has 0 heterocycles. The van der Waals surface area contributed by atoms with Gasteiger partial charge in [-0.3, -0.25) is 4.79 Å². The second kappa shape index (κ2) is 6.11. The smallest absolute Gasteiger partial charge is 0.220 e. The molecular weight excluding hydrogens is 188 g/mol. The van der Waals surface area contributed by atoms with E-state index in [-0.39, 0.29) is 11.8 Å². The van der Waals surface area contributed by atoms with Gasteiger partial charge >= 0.3 is 0 Å². The number of hydrogen-bond acceptors (Lipinski definition) is 2. The van der Waals surface area contributed by atoms with Gasteiger partial charge in [0, 0.05) is 18.0 Å². The highest BCUT2D eigenvalue weighted by Gasteiger charge is 2.25. The van der Waals surface area contributed by atoms with Crippen LogP contribution in [0.5, 0.6) is 0 Å². The van der Waals surface area contributed by atoms with Gasteiger partial charge in [0.15, 0.2) is 0 Å². The van der Waals surface area contributed by atoms with E-state index in [1.807, 2.05) is 0 Å². The standard InChI is InChI=1S/C12H24N2O/c1-3-10(4-2)14-11-7-5-9(6-8-11)12(13)15/h9-11,14H,3-8H2,1-2H3,(H2,13,15).